The SMILES string of the molecule is C=C(C)CC(NC)c1cscc1C. The van der Waals surface area contributed by atoms with E-state index in [4.69, 9.17) is 0 Å². The Bertz CT molecular complexity index is 288. The lowest BCUT2D eigenvalue weighted by Crippen LogP contribution is -2.16. The van der Waals surface area contributed by atoms with Gasteiger partial charge in [-0.15, -0.1) is 6.58 Å². The predicted octanol–water partition coefficient (Wildman–Crippen LogP) is 3.28. The lowest BCUT2D eigenvalue weighted by atomic mass is 10.0. The highest BCUT2D eigenvalue weighted by molar-refractivity contribution is 7.08. The topological polar surface area (TPSA) is 12.0 Å². The summed E-state index contributed by atoms with van der Waals surface area (Å²) in [6, 6.07) is 0.434. The monoisotopic (exact) mass is 195 g/mol. The van der Waals surface area contributed by atoms with Gasteiger partial charge in [-0.05, 0) is 49.2 Å². The van der Waals surface area contributed by atoms with Crippen LogP contribution in [0.5, 0.6) is 0 Å². The van der Waals surface area contributed by atoms with E-state index in [1.54, 1.807) is 11.3 Å². The number of hydrogen-bond donors (Lipinski definition) is 1. The first-order valence-corrected chi connectivity index (χ1v) is 5.43. The van der Waals surface area contributed by atoms with Crippen LogP contribution in [0.4, 0.5) is 0 Å². The second-order valence-electron chi connectivity index (χ2n) is 3.51. The Balaban J connectivity index is 2.78. The van der Waals surface area contributed by atoms with E-state index in [0.29, 0.717) is 6.04 Å². The van der Waals surface area contributed by atoms with Crippen LogP contribution in [-0.4, -0.2) is 7.05 Å². The first kappa shape index (κ1) is 10.5. The van der Waals surface area contributed by atoms with Crippen LogP contribution in [-0.2, 0) is 0 Å². The molecule has 0 aliphatic heterocycles. The van der Waals surface area contributed by atoms with Gasteiger partial charge in [-0.1, -0.05) is 5.57 Å². The third-order valence-electron chi connectivity index (χ3n) is 2.17. The van der Waals surface area contributed by atoms with Crippen molar-refractivity contribution < 1.29 is 0 Å². The molecule has 0 aliphatic carbocycles. The molecule has 0 aromatic carbocycles. The molecule has 1 N–H and O–H groups in total. The molecule has 2 heteroatoms. The first-order valence-electron chi connectivity index (χ1n) is 4.49. The van der Waals surface area contributed by atoms with Gasteiger partial charge < -0.3 is 5.32 Å². The number of hydrogen-bond acceptors (Lipinski definition) is 2. The van der Waals surface area contributed by atoms with Gasteiger partial charge in [0.15, 0.2) is 0 Å². The van der Waals surface area contributed by atoms with Gasteiger partial charge in [0.25, 0.3) is 0 Å². The molecule has 1 nitrogen and oxygen atoms in total. The van der Waals surface area contributed by atoms with Gasteiger partial charge in [0, 0.05) is 6.04 Å². The standard InChI is InChI=1S/C11H17NS/c1-8(2)5-11(12-4)10-7-13-6-9(10)3/h6-7,11-12H,1,5H2,2-4H3. The van der Waals surface area contributed by atoms with E-state index >= 15 is 0 Å². The van der Waals surface area contributed by atoms with Crippen LogP contribution < -0.4 is 5.32 Å². The Morgan fingerprint density at radius 2 is 2.31 bits per heavy atom. The summed E-state index contributed by atoms with van der Waals surface area (Å²) in [5.74, 6) is 0. The summed E-state index contributed by atoms with van der Waals surface area (Å²) in [4.78, 5) is 0. The van der Waals surface area contributed by atoms with Crippen LogP contribution in [0.25, 0.3) is 0 Å². The number of nitrogens with one attached hydrogen (secondary N) is 1. The van der Waals surface area contributed by atoms with Gasteiger partial charge in [0.1, 0.15) is 0 Å². The number of rotatable bonds is 4. The Morgan fingerprint density at radius 1 is 1.62 bits per heavy atom. The molecule has 0 aliphatic rings. The fourth-order valence-electron chi connectivity index (χ4n) is 1.44. The summed E-state index contributed by atoms with van der Waals surface area (Å²) < 4.78 is 0. The van der Waals surface area contributed by atoms with Crippen molar-refractivity contribution in [3.8, 4) is 0 Å². The minimum absolute atomic E-state index is 0.434. The lowest BCUT2D eigenvalue weighted by molar-refractivity contribution is 0.589. The zero-order chi connectivity index (χ0) is 9.84. The largest absolute Gasteiger partial charge is 0.313 e. The fraction of sp³-hybridized carbons (Fsp3) is 0.455. The highest BCUT2D eigenvalue weighted by atomic mass is 32.1. The quantitative estimate of drug-likeness (QED) is 0.727. The zero-order valence-electron chi connectivity index (χ0n) is 8.55. The molecule has 0 saturated heterocycles. The van der Waals surface area contributed by atoms with Crippen molar-refractivity contribution in [1.29, 1.82) is 0 Å². The van der Waals surface area contributed by atoms with Crippen LogP contribution in [0.2, 0.25) is 0 Å². The van der Waals surface area contributed by atoms with Gasteiger partial charge in [0.05, 0.1) is 0 Å². The minimum atomic E-state index is 0.434. The van der Waals surface area contributed by atoms with Crippen molar-refractivity contribution >= 4 is 11.3 Å². The Hall–Kier alpha value is -0.600. The molecule has 1 unspecified atom stereocenters. The molecule has 0 radical (unpaired) electrons. The van der Waals surface area contributed by atoms with E-state index in [-0.39, 0.29) is 0 Å². The Morgan fingerprint density at radius 3 is 2.69 bits per heavy atom. The second-order valence-corrected chi connectivity index (χ2v) is 4.26. The van der Waals surface area contributed by atoms with Gasteiger partial charge in [-0.3, -0.25) is 0 Å². The Labute approximate surface area is 84.5 Å². The van der Waals surface area contributed by atoms with Crippen molar-refractivity contribution in [3.63, 3.8) is 0 Å². The van der Waals surface area contributed by atoms with Crippen LogP contribution in [0, 0.1) is 6.92 Å². The second kappa shape index (κ2) is 4.58. The smallest absolute Gasteiger partial charge is 0.0365 e. The molecule has 72 valence electrons. The lowest BCUT2D eigenvalue weighted by Gasteiger charge is -2.16. The molecule has 0 spiro atoms. The summed E-state index contributed by atoms with van der Waals surface area (Å²) >= 11 is 1.77. The fourth-order valence-corrected chi connectivity index (χ4v) is 2.35. The van der Waals surface area contributed by atoms with Crippen LogP contribution in [0.1, 0.15) is 30.5 Å². The molecule has 0 fully saturated rings. The summed E-state index contributed by atoms with van der Waals surface area (Å²) in [6.07, 6.45) is 1.02. The van der Waals surface area contributed by atoms with Crippen molar-refractivity contribution in [2.75, 3.05) is 7.05 Å². The van der Waals surface area contributed by atoms with Gasteiger partial charge in [-0.2, -0.15) is 11.3 Å². The number of aryl methyl sites for hydroxylation is 1. The summed E-state index contributed by atoms with van der Waals surface area (Å²) in [5, 5.41) is 7.74. The van der Waals surface area contributed by atoms with Gasteiger partial charge >= 0.3 is 0 Å². The third kappa shape index (κ3) is 2.68. The first-order chi connectivity index (χ1) is 6.15. The molecule has 1 rings (SSSR count). The molecule has 0 bridgehead atoms. The zero-order valence-corrected chi connectivity index (χ0v) is 9.37. The Kier molecular flexibility index (Phi) is 3.70. The molecule has 1 atom stereocenters. The van der Waals surface area contributed by atoms with Gasteiger partial charge in [-0.25, -0.2) is 0 Å². The highest BCUT2D eigenvalue weighted by Gasteiger charge is 2.11. The summed E-state index contributed by atoms with van der Waals surface area (Å²) in [5.41, 5.74) is 4.02. The van der Waals surface area contributed by atoms with E-state index in [1.165, 1.54) is 16.7 Å². The molecular weight excluding hydrogens is 178 g/mol. The van der Waals surface area contributed by atoms with E-state index in [1.807, 2.05) is 7.05 Å². The van der Waals surface area contributed by atoms with E-state index < -0.39 is 0 Å². The maximum Gasteiger partial charge on any atom is 0.0365 e. The molecule has 1 aromatic heterocycles. The molecule has 1 aromatic rings. The van der Waals surface area contributed by atoms with Crippen molar-refractivity contribution in [3.05, 3.63) is 34.0 Å². The van der Waals surface area contributed by atoms with Crippen LogP contribution >= 0.6 is 11.3 Å². The van der Waals surface area contributed by atoms with E-state index in [9.17, 15) is 0 Å². The predicted molar refractivity (Wildman–Crippen MR) is 60.3 cm³/mol. The van der Waals surface area contributed by atoms with Crippen LogP contribution in [0.15, 0.2) is 22.9 Å². The maximum absolute atomic E-state index is 3.95. The molecular formula is C11H17NS. The van der Waals surface area contributed by atoms with E-state index in [0.717, 1.165) is 6.42 Å². The molecule has 1 heterocycles. The average molecular weight is 195 g/mol. The third-order valence-corrected chi connectivity index (χ3v) is 3.05. The van der Waals surface area contributed by atoms with Crippen molar-refractivity contribution in [2.45, 2.75) is 26.3 Å². The van der Waals surface area contributed by atoms with Crippen molar-refractivity contribution in [1.82, 2.24) is 5.32 Å². The summed E-state index contributed by atoms with van der Waals surface area (Å²) in [6.45, 7) is 8.18. The number of thiophene rings is 1. The molecule has 0 amide bonds. The van der Waals surface area contributed by atoms with Crippen LogP contribution in [0.3, 0.4) is 0 Å². The van der Waals surface area contributed by atoms with E-state index in [2.05, 4.69) is 36.5 Å². The van der Waals surface area contributed by atoms with Gasteiger partial charge in [0.2, 0.25) is 0 Å². The minimum Gasteiger partial charge on any atom is -0.313 e. The maximum atomic E-state index is 3.95. The molecule has 13 heavy (non-hydrogen) atoms. The molecule has 0 saturated carbocycles. The van der Waals surface area contributed by atoms with Crippen molar-refractivity contribution in [2.24, 2.45) is 0 Å². The summed E-state index contributed by atoms with van der Waals surface area (Å²) in [7, 11) is 2.00. The highest BCUT2D eigenvalue weighted by Crippen LogP contribution is 2.25. The average Bonchev–Trinajstić information content (AvgIpc) is 2.47. The normalized spacial score (nSPS) is 12.8.